The Kier molecular flexibility index (Phi) is 3.44. The SMILES string of the molecule is Cc1ccc(NS(=O)(=O)c2cccc(F)c2)c(O)c1. The maximum Gasteiger partial charge on any atom is 0.262 e. The van der Waals surface area contributed by atoms with Crippen molar-refractivity contribution in [2.24, 2.45) is 0 Å². The van der Waals surface area contributed by atoms with E-state index in [2.05, 4.69) is 4.72 Å². The number of aryl methyl sites for hydroxylation is 1. The molecule has 0 aromatic heterocycles. The molecule has 0 aliphatic rings. The summed E-state index contributed by atoms with van der Waals surface area (Å²) in [6, 6.07) is 9.18. The third-order valence-electron chi connectivity index (χ3n) is 2.50. The molecule has 0 spiro atoms. The third kappa shape index (κ3) is 3.03. The van der Waals surface area contributed by atoms with Crippen LogP contribution in [0.4, 0.5) is 10.1 Å². The summed E-state index contributed by atoms with van der Waals surface area (Å²) in [6.07, 6.45) is 0. The van der Waals surface area contributed by atoms with E-state index in [-0.39, 0.29) is 16.3 Å². The highest BCUT2D eigenvalue weighted by molar-refractivity contribution is 7.92. The number of nitrogens with one attached hydrogen (secondary N) is 1. The Morgan fingerprint density at radius 2 is 1.89 bits per heavy atom. The molecular weight excluding hydrogens is 269 g/mol. The third-order valence-corrected chi connectivity index (χ3v) is 3.87. The first-order valence-corrected chi connectivity index (χ1v) is 6.95. The highest BCUT2D eigenvalue weighted by Crippen LogP contribution is 2.26. The molecule has 0 saturated carbocycles. The van der Waals surface area contributed by atoms with Crippen molar-refractivity contribution in [1.82, 2.24) is 0 Å². The van der Waals surface area contributed by atoms with Crippen molar-refractivity contribution in [3.05, 3.63) is 53.8 Å². The maximum atomic E-state index is 13.0. The number of hydrogen-bond donors (Lipinski definition) is 2. The van der Waals surface area contributed by atoms with Gasteiger partial charge in [-0.15, -0.1) is 0 Å². The number of rotatable bonds is 3. The van der Waals surface area contributed by atoms with Gasteiger partial charge in [-0.05, 0) is 42.8 Å². The number of hydrogen-bond acceptors (Lipinski definition) is 3. The molecule has 0 radical (unpaired) electrons. The molecule has 0 unspecified atom stereocenters. The van der Waals surface area contributed by atoms with Crippen molar-refractivity contribution in [2.45, 2.75) is 11.8 Å². The zero-order chi connectivity index (χ0) is 14.0. The van der Waals surface area contributed by atoms with E-state index >= 15 is 0 Å². The van der Waals surface area contributed by atoms with Gasteiger partial charge >= 0.3 is 0 Å². The Hall–Kier alpha value is -2.08. The first-order chi connectivity index (χ1) is 8.88. The van der Waals surface area contributed by atoms with Crippen LogP contribution in [-0.2, 0) is 10.0 Å². The van der Waals surface area contributed by atoms with Crippen LogP contribution in [0.15, 0.2) is 47.4 Å². The van der Waals surface area contributed by atoms with Crippen molar-refractivity contribution in [3.8, 4) is 5.75 Å². The lowest BCUT2D eigenvalue weighted by Crippen LogP contribution is -2.13. The van der Waals surface area contributed by atoms with E-state index in [9.17, 15) is 17.9 Å². The number of benzene rings is 2. The quantitative estimate of drug-likeness (QED) is 0.850. The zero-order valence-corrected chi connectivity index (χ0v) is 10.9. The van der Waals surface area contributed by atoms with E-state index in [4.69, 9.17) is 0 Å². The van der Waals surface area contributed by atoms with Gasteiger partial charge in [-0.1, -0.05) is 12.1 Å². The molecule has 2 N–H and O–H groups in total. The molecule has 0 heterocycles. The highest BCUT2D eigenvalue weighted by Gasteiger charge is 2.16. The van der Waals surface area contributed by atoms with Crippen LogP contribution in [0.3, 0.4) is 0 Å². The first-order valence-electron chi connectivity index (χ1n) is 5.46. The maximum absolute atomic E-state index is 13.0. The number of aromatic hydroxyl groups is 1. The molecule has 0 saturated heterocycles. The Morgan fingerprint density at radius 3 is 2.53 bits per heavy atom. The van der Waals surface area contributed by atoms with Gasteiger partial charge < -0.3 is 5.11 Å². The predicted molar refractivity (Wildman–Crippen MR) is 70.1 cm³/mol. The second-order valence-corrected chi connectivity index (χ2v) is 5.77. The predicted octanol–water partition coefficient (Wildman–Crippen LogP) is 2.64. The standard InChI is InChI=1S/C13H12FNO3S/c1-9-5-6-12(13(16)7-9)15-19(17,18)11-4-2-3-10(14)8-11/h2-8,15-16H,1H3. The fourth-order valence-electron chi connectivity index (χ4n) is 1.57. The molecule has 0 fully saturated rings. The molecule has 0 aliphatic carbocycles. The Balaban J connectivity index is 2.36. The van der Waals surface area contributed by atoms with E-state index in [1.54, 1.807) is 13.0 Å². The minimum Gasteiger partial charge on any atom is -0.506 e. The number of phenols is 1. The van der Waals surface area contributed by atoms with Gasteiger partial charge in [-0.2, -0.15) is 0 Å². The summed E-state index contributed by atoms with van der Waals surface area (Å²) < 4.78 is 39.2. The van der Waals surface area contributed by atoms with Crippen molar-refractivity contribution in [2.75, 3.05) is 4.72 Å². The van der Waals surface area contributed by atoms with Gasteiger partial charge in [0.15, 0.2) is 0 Å². The summed E-state index contributed by atoms with van der Waals surface area (Å²) >= 11 is 0. The molecule has 4 nitrogen and oxygen atoms in total. The van der Waals surface area contributed by atoms with E-state index in [0.717, 1.165) is 17.7 Å². The number of phenolic OH excluding ortho intramolecular Hbond substituents is 1. The van der Waals surface area contributed by atoms with Crippen LogP contribution < -0.4 is 4.72 Å². The average Bonchev–Trinajstić information content (AvgIpc) is 2.33. The fraction of sp³-hybridized carbons (Fsp3) is 0.0769. The summed E-state index contributed by atoms with van der Waals surface area (Å²) in [5, 5.41) is 9.66. The van der Waals surface area contributed by atoms with Crippen LogP contribution in [0.1, 0.15) is 5.56 Å². The molecular formula is C13H12FNO3S. The summed E-state index contributed by atoms with van der Waals surface area (Å²) in [6.45, 7) is 1.77. The summed E-state index contributed by atoms with van der Waals surface area (Å²) in [4.78, 5) is -0.201. The molecule has 100 valence electrons. The summed E-state index contributed by atoms with van der Waals surface area (Å²) in [5.41, 5.74) is 0.848. The van der Waals surface area contributed by atoms with Crippen molar-refractivity contribution in [1.29, 1.82) is 0 Å². The van der Waals surface area contributed by atoms with Crippen molar-refractivity contribution >= 4 is 15.7 Å². The topological polar surface area (TPSA) is 66.4 Å². The van der Waals surface area contributed by atoms with Gasteiger partial charge in [0.05, 0.1) is 10.6 Å². The average molecular weight is 281 g/mol. The Bertz CT molecular complexity index is 714. The highest BCUT2D eigenvalue weighted by atomic mass is 32.2. The normalized spacial score (nSPS) is 11.3. The van der Waals surface area contributed by atoms with Crippen LogP contribution in [-0.4, -0.2) is 13.5 Å². The molecule has 0 atom stereocenters. The smallest absolute Gasteiger partial charge is 0.262 e. The van der Waals surface area contributed by atoms with Crippen LogP contribution in [0.2, 0.25) is 0 Å². The number of halogens is 1. The minimum atomic E-state index is -3.92. The minimum absolute atomic E-state index is 0.0508. The fourth-order valence-corrected chi connectivity index (χ4v) is 2.67. The van der Waals surface area contributed by atoms with E-state index in [0.29, 0.717) is 0 Å². The van der Waals surface area contributed by atoms with E-state index in [1.165, 1.54) is 24.3 Å². The van der Waals surface area contributed by atoms with Gasteiger partial charge in [0.2, 0.25) is 0 Å². The molecule has 6 heteroatoms. The Morgan fingerprint density at radius 1 is 1.16 bits per heavy atom. The molecule has 0 amide bonds. The van der Waals surface area contributed by atoms with Crippen LogP contribution in [0, 0.1) is 12.7 Å². The zero-order valence-electron chi connectivity index (χ0n) is 10.1. The second-order valence-electron chi connectivity index (χ2n) is 4.08. The summed E-state index contributed by atoms with van der Waals surface area (Å²) in [7, 11) is -3.92. The van der Waals surface area contributed by atoms with Crippen LogP contribution >= 0.6 is 0 Å². The van der Waals surface area contributed by atoms with Crippen molar-refractivity contribution in [3.63, 3.8) is 0 Å². The van der Waals surface area contributed by atoms with E-state index in [1.807, 2.05) is 0 Å². The van der Waals surface area contributed by atoms with Gasteiger partial charge in [0.1, 0.15) is 11.6 Å². The summed E-state index contributed by atoms with van der Waals surface area (Å²) in [5.74, 6) is -0.823. The van der Waals surface area contributed by atoms with Crippen LogP contribution in [0.25, 0.3) is 0 Å². The number of sulfonamides is 1. The Labute approximate surface area is 110 Å². The van der Waals surface area contributed by atoms with Gasteiger partial charge in [0.25, 0.3) is 10.0 Å². The molecule has 19 heavy (non-hydrogen) atoms. The lowest BCUT2D eigenvalue weighted by Gasteiger charge is -2.10. The number of anilines is 1. The molecule has 2 rings (SSSR count). The van der Waals surface area contributed by atoms with Gasteiger partial charge in [-0.3, -0.25) is 4.72 Å². The van der Waals surface area contributed by atoms with Gasteiger partial charge in [0, 0.05) is 0 Å². The van der Waals surface area contributed by atoms with Crippen molar-refractivity contribution < 1.29 is 17.9 Å². The largest absolute Gasteiger partial charge is 0.506 e. The molecule has 2 aromatic carbocycles. The van der Waals surface area contributed by atoms with Crippen LogP contribution in [0.5, 0.6) is 5.75 Å². The van der Waals surface area contributed by atoms with Gasteiger partial charge in [-0.25, -0.2) is 12.8 Å². The monoisotopic (exact) mass is 281 g/mol. The second kappa shape index (κ2) is 4.89. The van der Waals surface area contributed by atoms with E-state index < -0.39 is 15.8 Å². The first kappa shape index (κ1) is 13.4. The lowest BCUT2D eigenvalue weighted by atomic mass is 10.2. The molecule has 0 bridgehead atoms. The lowest BCUT2D eigenvalue weighted by molar-refractivity contribution is 0.477. The molecule has 2 aromatic rings. The molecule has 0 aliphatic heterocycles.